The van der Waals surface area contributed by atoms with Crippen molar-refractivity contribution in [2.45, 2.75) is 39.3 Å². The van der Waals surface area contributed by atoms with Gasteiger partial charge in [0.1, 0.15) is 5.82 Å². The Hall–Kier alpha value is -3.25. The molecule has 0 bridgehead atoms. The van der Waals surface area contributed by atoms with Crippen molar-refractivity contribution in [3.63, 3.8) is 0 Å². The minimum absolute atomic E-state index is 0.118. The summed E-state index contributed by atoms with van der Waals surface area (Å²) in [5, 5.41) is 12.7. The summed E-state index contributed by atoms with van der Waals surface area (Å²) < 4.78 is 17.6. The Morgan fingerprint density at radius 1 is 1.06 bits per heavy atom. The summed E-state index contributed by atoms with van der Waals surface area (Å²) in [6.07, 6.45) is 7.60. The summed E-state index contributed by atoms with van der Waals surface area (Å²) in [7, 11) is 0. The molecule has 5 rings (SSSR count). The molecule has 2 aromatic heterocycles. The fourth-order valence-electron chi connectivity index (χ4n) is 4.53. The number of hydrogen-bond acceptors (Lipinski definition) is 3. The molecule has 0 fully saturated rings. The Bertz CT molecular complexity index is 1190. The third kappa shape index (κ3) is 4.03. The fourth-order valence-corrected chi connectivity index (χ4v) is 4.53. The molecule has 6 heteroatoms. The first-order chi connectivity index (χ1) is 15.0. The molecule has 0 saturated carbocycles. The van der Waals surface area contributed by atoms with Crippen LogP contribution in [0.2, 0.25) is 0 Å². The lowest BCUT2D eigenvalue weighted by atomic mass is 9.74. The third-order valence-corrected chi connectivity index (χ3v) is 5.96. The lowest BCUT2D eigenvalue weighted by molar-refractivity contribution is 0.253. The van der Waals surface area contributed by atoms with E-state index < -0.39 is 0 Å². The van der Waals surface area contributed by atoms with Crippen LogP contribution in [0, 0.1) is 11.2 Å². The smallest absolute Gasteiger partial charge is 0.125 e. The molecule has 4 aromatic rings. The molecular formula is C25H26FN5. The normalized spacial score (nSPS) is 17.5. The number of fused-ring (bicyclic) bond motifs is 1. The molecule has 0 aliphatic heterocycles. The van der Waals surface area contributed by atoms with Gasteiger partial charge in [-0.05, 0) is 60.2 Å². The first-order valence-corrected chi connectivity index (χ1v) is 10.6. The van der Waals surface area contributed by atoms with Crippen LogP contribution in [0.5, 0.6) is 0 Å². The molecule has 1 atom stereocenters. The third-order valence-electron chi connectivity index (χ3n) is 5.96. The van der Waals surface area contributed by atoms with Crippen LogP contribution in [0.25, 0.3) is 11.4 Å². The second-order valence-electron chi connectivity index (χ2n) is 9.04. The van der Waals surface area contributed by atoms with Crippen molar-refractivity contribution >= 4 is 0 Å². The lowest BCUT2D eigenvalue weighted by Gasteiger charge is -2.36. The second kappa shape index (κ2) is 7.78. The lowest BCUT2D eigenvalue weighted by Crippen LogP contribution is -2.33. The fraction of sp³-hybridized carbons (Fsp3) is 0.280. The zero-order valence-electron chi connectivity index (χ0n) is 17.8. The maximum absolute atomic E-state index is 13.8. The van der Waals surface area contributed by atoms with Gasteiger partial charge in [-0.1, -0.05) is 32.0 Å². The molecule has 1 N–H and O–H groups in total. The maximum atomic E-state index is 13.8. The Balaban J connectivity index is 1.41. The number of hydrogen-bond donors (Lipinski definition) is 1. The average molecular weight is 416 g/mol. The molecule has 1 aliphatic carbocycles. The van der Waals surface area contributed by atoms with Crippen LogP contribution < -0.4 is 5.32 Å². The number of benzene rings is 2. The summed E-state index contributed by atoms with van der Waals surface area (Å²) >= 11 is 0. The van der Waals surface area contributed by atoms with Crippen LogP contribution in [-0.2, 0) is 13.0 Å². The molecule has 0 spiro atoms. The SMILES string of the molecule is CC1(C)Cc2c(cnn2-c2cccc(F)c2)[C@@H](NCc2cccc(-n3cccn3)c2)C1. The molecule has 2 aromatic carbocycles. The Morgan fingerprint density at radius 3 is 2.71 bits per heavy atom. The monoisotopic (exact) mass is 415 g/mol. The first kappa shape index (κ1) is 19.7. The first-order valence-electron chi connectivity index (χ1n) is 10.6. The van der Waals surface area contributed by atoms with Gasteiger partial charge in [-0.2, -0.15) is 10.2 Å². The average Bonchev–Trinajstić information content (AvgIpc) is 3.42. The van der Waals surface area contributed by atoms with Crippen LogP contribution >= 0.6 is 0 Å². The van der Waals surface area contributed by atoms with E-state index in [1.54, 1.807) is 12.3 Å². The van der Waals surface area contributed by atoms with E-state index in [1.807, 2.05) is 33.9 Å². The van der Waals surface area contributed by atoms with E-state index >= 15 is 0 Å². The molecule has 0 radical (unpaired) electrons. The standard InChI is InChI=1S/C25H26FN5/c1-25(2)14-23(27-16-18-6-3-8-20(12-18)30-11-5-10-28-30)22-17-29-31(24(22)15-25)21-9-4-7-19(26)13-21/h3-13,17,23,27H,14-16H2,1-2H3/t23-/m0/s1. The minimum atomic E-state index is -0.247. The van der Waals surface area contributed by atoms with E-state index in [1.165, 1.54) is 23.3 Å². The van der Waals surface area contributed by atoms with E-state index in [0.717, 1.165) is 36.5 Å². The molecule has 0 saturated heterocycles. The molecule has 0 amide bonds. The highest BCUT2D eigenvalue weighted by atomic mass is 19.1. The van der Waals surface area contributed by atoms with Crippen molar-refractivity contribution in [3.8, 4) is 11.4 Å². The largest absolute Gasteiger partial charge is 0.306 e. The summed E-state index contributed by atoms with van der Waals surface area (Å²) in [6, 6.07) is 17.2. The van der Waals surface area contributed by atoms with E-state index in [-0.39, 0.29) is 17.3 Å². The zero-order valence-corrected chi connectivity index (χ0v) is 17.8. The van der Waals surface area contributed by atoms with Crippen LogP contribution in [0.3, 0.4) is 0 Å². The van der Waals surface area contributed by atoms with Gasteiger partial charge in [0, 0.05) is 36.2 Å². The van der Waals surface area contributed by atoms with Gasteiger partial charge in [0.2, 0.25) is 0 Å². The van der Waals surface area contributed by atoms with Crippen molar-refractivity contribution in [2.24, 2.45) is 5.41 Å². The van der Waals surface area contributed by atoms with Crippen LogP contribution in [0.4, 0.5) is 4.39 Å². The number of rotatable bonds is 5. The van der Waals surface area contributed by atoms with Gasteiger partial charge in [0.05, 0.1) is 17.6 Å². The van der Waals surface area contributed by atoms with Crippen molar-refractivity contribution in [1.29, 1.82) is 0 Å². The predicted octanol–water partition coefficient (Wildman–Crippen LogP) is 5.00. The summed E-state index contributed by atoms with van der Waals surface area (Å²) in [5.74, 6) is -0.247. The zero-order chi connectivity index (χ0) is 21.4. The van der Waals surface area contributed by atoms with Gasteiger partial charge in [0.15, 0.2) is 0 Å². The number of halogens is 1. The summed E-state index contributed by atoms with van der Waals surface area (Å²) in [6.45, 7) is 5.32. The Morgan fingerprint density at radius 2 is 1.90 bits per heavy atom. The molecule has 0 unspecified atom stereocenters. The van der Waals surface area contributed by atoms with Crippen LogP contribution in [-0.4, -0.2) is 19.6 Å². The Kier molecular flexibility index (Phi) is 4.94. The summed E-state index contributed by atoms with van der Waals surface area (Å²) in [4.78, 5) is 0. The molecule has 1 aliphatic rings. The minimum Gasteiger partial charge on any atom is -0.306 e. The number of nitrogens with zero attached hydrogens (tertiary/aromatic N) is 4. The van der Waals surface area contributed by atoms with Gasteiger partial charge in [-0.3, -0.25) is 0 Å². The highest BCUT2D eigenvalue weighted by Crippen LogP contribution is 2.41. The highest BCUT2D eigenvalue weighted by molar-refractivity contribution is 5.39. The van der Waals surface area contributed by atoms with Crippen LogP contribution in [0.15, 0.2) is 73.2 Å². The predicted molar refractivity (Wildman–Crippen MR) is 119 cm³/mol. The van der Waals surface area contributed by atoms with E-state index in [0.29, 0.717) is 0 Å². The van der Waals surface area contributed by atoms with Crippen LogP contribution in [0.1, 0.15) is 43.1 Å². The topological polar surface area (TPSA) is 47.7 Å². The van der Waals surface area contributed by atoms with Gasteiger partial charge in [-0.15, -0.1) is 0 Å². The van der Waals surface area contributed by atoms with Gasteiger partial charge in [0.25, 0.3) is 0 Å². The molecule has 2 heterocycles. The number of aromatic nitrogens is 4. The quantitative estimate of drug-likeness (QED) is 0.499. The van der Waals surface area contributed by atoms with Crippen molar-refractivity contribution in [1.82, 2.24) is 24.9 Å². The van der Waals surface area contributed by atoms with E-state index in [2.05, 4.69) is 53.6 Å². The second-order valence-corrected chi connectivity index (χ2v) is 9.04. The highest BCUT2D eigenvalue weighted by Gasteiger charge is 2.35. The van der Waals surface area contributed by atoms with Gasteiger partial charge in [-0.25, -0.2) is 13.8 Å². The van der Waals surface area contributed by atoms with Gasteiger partial charge < -0.3 is 5.32 Å². The van der Waals surface area contributed by atoms with E-state index in [4.69, 9.17) is 0 Å². The molecule has 158 valence electrons. The molecular weight excluding hydrogens is 389 g/mol. The van der Waals surface area contributed by atoms with Crippen molar-refractivity contribution < 1.29 is 4.39 Å². The van der Waals surface area contributed by atoms with Gasteiger partial charge >= 0.3 is 0 Å². The van der Waals surface area contributed by atoms with E-state index in [9.17, 15) is 4.39 Å². The number of nitrogens with one attached hydrogen (secondary N) is 1. The molecule has 31 heavy (non-hydrogen) atoms. The Labute approximate surface area is 181 Å². The molecule has 5 nitrogen and oxygen atoms in total. The van der Waals surface area contributed by atoms with Crippen molar-refractivity contribution in [3.05, 3.63) is 95.8 Å². The maximum Gasteiger partial charge on any atom is 0.125 e. The van der Waals surface area contributed by atoms with Crippen molar-refractivity contribution in [2.75, 3.05) is 0 Å². The summed E-state index contributed by atoms with van der Waals surface area (Å²) in [5.41, 5.74) is 5.50.